The number of rotatable bonds is 6. The average molecular weight is 317 g/mol. The Balaban J connectivity index is 2.08. The zero-order valence-corrected chi connectivity index (χ0v) is 13.9. The molecule has 0 aliphatic heterocycles. The number of ether oxygens (including phenoxy) is 1. The smallest absolute Gasteiger partial charge is 0.251 e. The van der Waals surface area contributed by atoms with Gasteiger partial charge in [-0.05, 0) is 18.1 Å². The molecule has 1 aromatic carbocycles. The summed E-state index contributed by atoms with van der Waals surface area (Å²) in [5.41, 5.74) is 1.77. The summed E-state index contributed by atoms with van der Waals surface area (Å²) in [7, 11) is 3.30. The Labute approximate surface area is 136 Å². The number of nitrogens with zero attached hydrogens (tertiary/aromatic N) is 3. The second-order valence-electron chi connectivity index (χ2n) is 5.88. The van der Waals surface area contributed by atoms with Gasteiger partial charge < -0.3 is 14.7 Å². The van der Waals surface area contributed by atoms with Crippen molar-refractivity contribution in [2.75, 3.05) is 14.2 Å². The van der Waals surface area contributed by atoms with Gasteiger partial charge in [-0.3, -0.25) is 4.79 Å². The number of hydrogen-bond donors (Lipinski definition) is 1. The maximum atomic E-state index is 12.1. The molecule has 1 atom stereocenters. The molecule has 1 aromatic heterocycles. The highest BCUT2D eigenvalue weighted by molar-refractivity contribution is 5.80. The fraction of sp³-hybridized carbons (Fsp3) is 0.412. The van der Waals surface area contributed by atoms with Crippen LogP contribution in [0.25, 0.3) is 5.69 Å². The number of aliphatic hydroxyl groups is 1. The van der Waals surface area contributed by atoms with Crippen molar-refractivity contribution in [3.05, 3.63) is 42.2 Å². The van der Waals surface area contributed by atoms with Gasteiger partial charge in [-0.2, -0.15) is 5.10 Å². The number of aliphatic hydroxyl groups excluding tert-OH is 1. The summed E-state index contributed by atoms with van der Waals surface area (Å²) in [6.07, 6.45) is 2.60. The van der Waals surface area contributed by atoms with E-state index in [4.69, 9.17) is 4.74 Å². The molecule has 1 N–H and O–H groups in total. The monoisotopic (exact) mass is 317 g/mol. The Morgan fingerprint density at radius 2 is 2.17 bits per heavy atom. The first-order valence-corrected chi connectivity index (χ1v) is 7.53. The largest absolute Gasteiger partial charge is 0.497 e. The lowest BCUT2D eigenvalue weighted by Crippen LogP contribution is -2.38. The quantitative estimate of drug-likeness (QED) is 0.883. The number of likely N-dealkylation sites (N-methyl/N-ethyl adjacent to an activating group) is 1. The van der Waals surface area contributed by atoms with Gasteiger partial charge in [0.25, 0.3) is 5.91 Å². The van der Waals surface area contributed by atoms with Crippen molar-refractivity contribution in [2.24, 2.45) is 5.92 Å². The van der Waals surface area contributed by atoms with Crippen LogP contribution < -0.4 is 4.74 Å². The molecule has 0 saturated heterocycles. The van der Waals surface area contributed by atoms with Crippen LogP contribution in [0, 0.1) is 5.92 Å². The van der Waals surface area contributed by atoms with Crippen molar-refractivity contribution in [3.63, 3.8) is 0 Å². The third-order valence-corrected chi connectivity index (χ3v) is 3.63. The molecule has 0 saturated carbocycles. The Kier molecular flexibility index (Phi) is 5.39. The zero-order valence-electron chi connectivity index (χ0n) is 13.9. The fourth-order valence-corrected chi connectivity index (χ4v) is 2.20. The number of carbonyl (C=O) groups is 1. The molecular formula is C17H23N3O3. The van der Waals surface area contributed by atoms with Gasteiger partial charge in [0, 0.05) is 31.4 Å². The number of aromatic nitrogens is 2. The van der Waals surface area contributed by atoms with E-state index in [-0.39, 0.29) is 11.8 Å². The van der Waals surface area contributed by atoms with Gasteiger partial charge in [0.15, 0.2) is 0 Å². The van der Waals surface area contributed by atoms with Crippen molar-refractivity contribution >= 4 is 5.91 Å². The molecule has 2 rings (SSSR count). The second kappa shape index (κ2) is 7.28. The van der Waals surface area contributed by atoms with Gasteiger partial charge in [0.1, 0.15) is 11.9 Å². The fourth-order valence-electron chi connectivity index (χ4n) is 2.20. The first kappa shape index (κ1) is 17.0. The van der Waals surface area contributed by atoms with Crippen LogP contribution in [0.4, 0.5) is 0 Å². The number of methoxy groups -OCH3 is 1. The Morgan fingerprint density at radius 1 is 1.43 bits per heavy atom. The van der Waals surface area contributed by atoms with Crippen molar-refractivity contribution in [2.45, 2.75) is 26.5 Å². The molecule has 2 aromatic rings. The standard InChI is InChI=1S/C17H23N3O3/c1-12(2)16(21)17(22)19(3)10-13-9-18-20(11-13)14-6-5-7-15(8-14)23-4/h5-9,11-12,16,21H,10H2,1-4H3. The molecule has 0 aliphatic carbocycles. The first-order chi connectivity index (χ1) is 10.9. The Hall–Kier alpha value is -2.34. The average Bonchev–Trinajstić information content (AvgIpc) is 3.01. The molecule has 0 spiro atoms. The molecule has 1 heterocycles. The van der Waals surface area contributed by atoms with Gasteiger partial charge >= 0.3 is 0 Å². The van der Waals surface area contributed by atoms with E-state index in [1.807, 2.05) is 44.3 Å². The lowest BCUT2D eigenvalue weighted by atomic mass is 10.1. The van der Waals surface area contributed by atoms with Crippen LogP contribution in [-0.2, 0) is 11.3 Å². The normalized spacial score (nSPS) is 12.3. The summed E-state index contributed by atoms with van der Waals surface area (Å²) in [5, 5.41) is 14.2. The minimum atomic E-state index is -0.978. The van der Waals surface area contributed by atoms with Gasteiger partial charge in [0.05, 0.1) is 19.0 Å². The molecule has 124 valence electrons. The summed E-state index contributed by atoms with van der Waals surface area (Å²) in [6.45, 7) is 4.03. The van der Waals surface area contributed by atoms with Crippen LogP contribution in [0.2, 0.25) is 0 Å². The van der Waals surface area contributed by atoms with Gasteiger partial charge in [-0.15, -0.1) is 0 Å². The highest BCUT2D eigenvalue weighted by atomic mass is 16.5. The molecule has 0 fully saturated rings. The van der Waals surface area contributed by atoms with Gasteiger partial charge in [0.2, 0.25) is 0 Å². The van der Waals surface area contributed by atoms with E-state index in [2.05, 4.69) is 5.10 Å². The van der Waals surface area contributed by atoms with Gasteiger partial charge in [-0.1, -0.05) is 19.9 Å². The van der Waals surface area contributed by atoms with E-state index >= 15 is 0 Å². The van der Waals surface area contributed by atoms with Crippen molar-refractivity contribution in [1.82, 2.24) is 14.7 Å². The van der Waals surface area contributed by atoms with Crippen molar-refractivity contribution in [3.8, 4) is 11.4 Å². The van der Waals surface area contributed by atoms with E-state index in [0.717, 1.165) is 17.0 Å². The van der Waals surface area contributed by atoms with Crippen molar-refractivity contribution in [1.29, 1.82) is 0 Å². The van der Waals surface area contributed by atoms with Crippen molar-refractivity contribution < 1.29 is 14.6 Å². The maximum absolute atomic E-state index is 12.1. The molecule has 0 aliphatic rings. The van der Waals surface area contributed by atoms with Gasteiger partial charge in [-0.25, -0.2) is 4.68 Å². The van der Waals surface area contributed by atoms with E-state index in [9.17, 15) is 9.90 Å². The lowest BCUT2D eigenvalue weighted by molar-refractivity contribution is -0.141. The van der Waals surface area contributed by atoms with E-state index < -0.39 is 6.10 Å². The number of amides is 1. The van der Waals surface area contributed by atoms with Crippen LogP contribution >= 0.6 is 0 Å². The van der Waals surface area contributed by atoms with Crippen LogP contribution in [0.5, 0.6) is 5.75 Å². The molecule has 0 radical (unpaired) electrons. The summed E-state index contributed by atoms with van der Waals surface area (Å²) < 4.78 is 6.94. The predicted molar refractivity (Wildman–Crippen MR) is 87.4 cm³/mol. The van der Waals surface area contributed by atoms with E-state index in [1.165, 1.54) is 4.90 Å². The minimum absolute atomic E-state index is 0.107. The zero-order chi connectivity index (χ0) is 17.0. The maximum Gasteiger partial charge on any atom is 0.251 e. The summed E-state index contributed by atoms with van der Waals surface area (Å²) in [5.74, 6) is 0.366. The summed E-state index contributed by atoms with van der Waals surface area (Å²) in [4.78, 5) is 13.6. The molecule has 6 nitrogen and oxygen atoms in total. The molecular weight excluding hydrogens is 294 g/mol. The Morgan fingerprint density at radius 3 is 2.83 bits per heavy atom. The second-order valence-corrected chi connectivity index (χ2v) is 5.88. The number of hydrogen-bond acceptors (Lipinski definition) is 4. The Bertz CT molecular complexity index is 667. The number of carbonyl (C=O) groups excluding carboxylic acids is 1. The SMILES string of the molecule is COc1cccc(-n2cc(CN(C)C(=O)C(O)C(C)C)cn2)c1. The summed E-state index contributed by atoms with van der Waals surface area (Å²) in [6, 6.07) is 7.57. The lowest BCUT2D eigenvalue weighted by Gasteiger charge is -2.22. The molecule has 1 unspecified atom stereocenters. The highest BCUT2D eigenvalue weighted by Crippen LogP contribution is 2.17. The predicted octanol–water partition coefficient (Wildman–Crippen LogP) is 1.86. The third-order valence-electron chi connectivity index (χ3n) is 3.63. The topological polar surface area (TPSA) is 67.6 Å². The van der Waals surface area contributed by atoms with Crippen LogP contribution in [-0.4, -0.2) is 46.0 Å². The molecule has 23 heavy (non-hydrogen) atoms. The summed E-state index contributed by atoms with van der Waals surface area (Å²) >= 11 is 0. The van der Waals surface area contributed by atoms with Crippen LogP contribution in [0.15, 0.2) is 36.7 Å². The van der Waals surface area contributed by atoms with Crippen LogP contribution in [0.3, 0.4) is 0 Å². The number of benzene rings is 1. The molecule has 0 bridgehead atoms. The minimum Gasteiger partial charge on any atom is -0.497 e. The van der Waals surface area contributed by atoms with Crippen LogP contribution in [0.1, 0.15) is 19.4 Å². The highest BCUT2D eigenvalue weighted by Gasteiger charge is 2.22. The third kappa shape index (κ3) is 4.10. The van der Waals surface area contributed by atoms with E-state index in [0.29, 0.717) is 6.54 Å². The molecule has 6 heteroatoms. The first-order valence-electron chi connectivity index (χ1n) is 7.53. The van der Waals surface area contributed by atoms with E-state index in [1.54, 1.807) is 25.0 Å². The molecule has 1 amide bonds.